The summed E-state index contributed by atoms with van der Waals surface area (Å²) in [6.45, 7) is 1.23. The molecule has 11 N–H and O–H groups in total. The highest BCUT2D eigenvalue weighted by Crippen LogP contribution is 2.26. The minimum Gasteiger partial charge on any atom is -0.329 e. The first kappa shape index (κ1) is 16.0. The molecule has 1 aromatic heterocycles. The van der Waals surface area contributed by atoms with Crippen molar-refractivity contribution in [1.82, 2.24) is 10.3 Å². The van der Waals surface area contributed by atoms with Crippen LogP contribution in [0.15, 0.2) is 12.3 Å². The fraction of sp³-hybridized carbons (Fsp3) is 0.583. The maximum Gasteiger partial charge on any atom is 0.0635 e. The molecule has 0 bridgehead atoms. The summed E-state index contributed by atoms with van der Waals surface area (Å²) in [5.41, 5.74) is 32.0. The van der Waals surface area contributed by atoms with Crippen LogP contribution in [-0.2, 0) is 0 Å². The highest BCUT2D eigenvalue weighted by atomic mass is 14.9. The Morgan fingerprint density at radius 3 is 2.26 bits per heavy atom. The van der Waals surface area contributed by atoms with Crippen molar-refractivity contribution in [3.05, 3.63) is 29.1 Å². The molecule has 7 heteroatoms. The molecule has 0 aliphatic rings. The van der Waals surface area contributed by atoms with Crippen LogP contribution in [0.2, 0.25) is 0 Å². The maximum atomic E-state index is 6.12. The molecule has 0 aliphatic heterocycles. The Morgan fingerprint density at radius 1 is 1.11 bits per heavy atom. The molecular weight excluding hydrogens is 242 g/mol. The molecule has 0 amide bonds. The van der Waals surface area contributed by atoms with E-state index in [1.165, 1.54) is 0 Å². The van der Waals surface area contributed by atoms with Gasteiger partial charge in [-0.3, -0.25) is 4.98 Å². The molecule has 19 heavy (non-hydrogen) atoms. The van der Waals surface area contributed by atoms with Crippen LogP contribution < -0.4 is 34.0 Å². The van der Waals surface area contributed by atoms with E-state index in [1.807, 2.05) is 13.1 Å². The van der Waals surface area contributed by atoms with Crippen LogP contribution in [0.4, 0.5) is 0 Å². The van der Waals surface area contributed by atoms with Gasteiger partial charge < -0.3 is 34.0 Å². The fourth-order valence-corrected chi connectivity index (χ4v) is 2.09. The molecule has 1 heterocycles. The number of aromatic nitrogens is 1. The van der Waals surface area contributed by atoms with Crippen LogP contribution >= 0.6 is 0 Å². The number of likely N-dealkylation sites (N-methyl/N-ethyl adjacent to an activating group) is 1. The van der Waals surface area contributed by atoms with Crippen molar-refractivity contribution in [2.75, 3.05) is 26.7 Å². The standard InChI is InChI=1S/C12H25N7/c1-18-6-10(17)12-11(9(16)5-14)7(2-3-19-12)8(15)4-13/h2-3,8-10,18H,4-6,13-17H2,1H3. The molecule has 0 spiro atoms. The van der Waals surface area contributed by atoms with E-state index in [-0.39, 0.29) is 18.1 Å². The van der Waals surface area contributed by atoms with Crippen molar-refractivity contribution in [3.63, 3.8) is 0 Å². The van der Waals surface area contributed by atoms with Gasteiger partial charge in [-0.25, -0.2) is 0 Å². The van der Waals surface area contributed by atoms with Gasteiger partial charge in [0.25, 0.3) is 0 Å². The van der Waals surface area contributed by atoms with Crippen molar-refractivity contribution in [2.24, 2.45) is 28.7 Å². The van der Waals surface area contributed by atoms with Gasteiger partial charge in [0.1, 0.15) is 0 Å². The summed E-state index contributed by atoms with van der Waals surface area (Å²) in [6, 6.07) is 0.927. The maximum absolute atomic E-state index is 6.12. The third-order valence-electron chi connectivity index (χ3n) is 3.11. The van der Waals surface area contributed by atoms with Crippen LogP contribution in [0, 0.1) is 0 Å². The van der Waals surface area contributed by atoms with E-state index in [4.69, 9.17) is 28.7 Å². The molecular formula is C12H25N7. The monoisotopic (exact) mass is 267 g/mol. The topological polar surface area (TPSA) is 155 Å². The van der Waals surface area contributed by atoms with Crippen molar-refractivity contribution in [1.29, 1.82) is 0 Å². The van der Waals surface area contributed by atoms with Gasteiger partial charge in [0, 0.05) is 37.9 Å². The van der Waals surface area contributed by atoms with Crippen molar-refractivity contribution < 1.29 is 0 Å². The smallest absolute Gasteiger partial charge is 0.0635 e. The zero-order chi connectivity index (χ0) is 14.4. The Labute approximate surface area is 113 Å². The van der Waals surface area contributed by atoms with Crippen LogP contribution in [0.25, 0.3) is 0 Å². The van der Waals surface area contributed by atoms with Gasteiger partial charge in [-0.1, -0.05) is 0 Å². The number of nitrogens with one attached hydrogen (secondary N) is 1. The molecule has 1 aromatic rings. The normalized spacial score (nSPS) is 16.1. The van der Waals surface area contributed by atoms with Crippen LogP contribution in [0.1, 0.15) is 34.9 Å². The van der Waals surface area contributed by atoms with E-state index in [0.29, 0.717) is 19.6 Å². The molecule has 0 aliphatic carbocycles. The van der Waals surface area contributed by atoms with Gasteiger partial charge in [-0.05, 0) is 24.2 Å². The number of hydrogen-bond acceptors (Lipinski definition) is 7. The number of rotatable bonds is 7. The second-order valence-electron chi connectivity index (χ2n) is 4.55. The van der Waals surface area contributed by atoms with Crippen LogP contribution in [-0.4, -0.2) is 31.7 Å². The Bertz CT molecular complexity index is 396. The largest absolute Gasteiger partial charge is 0.329 e. The molecule has 3 atom stereocenters. The second kappa shape index (κ2) is 7.49. The summed E-state index contributed by atoms with van der Waals surface area (Å²) in [5, 5.41) is 3.02. The van der Waals surface area contributed by atoms with E-state index >= 15 is 0 Å². The highest BCUT2D eigenvalue weighted by Gasteiger charge is 2.22. The van der Waals surface area contributed by atoms with Crippen LogP contribution in [0.5, 0.6) is 0 Å². The van der Waals surface area contributed by atoms with E-state index in [1.54, 1.807) is 6.20 Å². The molecule has 0 saturated carbocycles. The molecule has 0 aromatic carbocycles. The lowest BCUT2D eigenvalue weighted by Gasteiger charge is -2.24. The first-order valence-electron chi connectivity index (χ1n) is 6.36. The van der Waals surface area contributed by atoms with Crippen LogP contribution in [0.3, 0.4) is 0 Å². The molecule has 0 radical (unpaired) electrons. The number of hydrogen-bond donors (Lipinski definition) is 6. The third-order valence-corrected chi connectivity index (χ3v) is 3.11. The summed E-state index contributed by atoms with van der Waals surface area (Å²) in [6.07, 6.45) is 1.68. The van der Waals surface area contributed by atoms with Gasteiger partial charge >= 0.3 is 0 Å². The highest BCUT2D eigenvalue weighted by molar-refractivity contribution is 5.37. The zero-order valence-electron chi connectivity index (χ0n) is 11.3. The second-order valence-corrected chi connectivity index (χ2v) is 4.55. The van der Waals surface area contributed by atoms with Gasteiger partial charge in [-0.2, -0.15) is 0 Å². The minimum absolute atomic E-state index is 0.262. The van der Waals surface area contributed by atoms with E-state index in [0.717, 1.165) is 16.8 Å². The molecule has 108 valence electrons. The lowest BCUT2D eigenvalue weighted by Crippen LogP contribution is -2.32. The Morgan fingerprint density at radius 2 is 1.74 bits per heavy atom. The number of pyridine rings is 1. The Balaban J connectivity index is 3.29. The summed E-state index contributed by atoms with van der Waals surface area (Å²) in [5.74, 6) is 0. The molecule has 1 rings (SSSR count). The first-order chi connectivity index (χ1) is 9.06. The molecule has 0 saturated heterocycles. The lowest BCUT2D eigenvalue weighted by molar-refractivity contribution is 0.600. The fourth-order valence-electron chi connectivity index (χ4n) is 2.09. The van der Waals surface area contributed by atoms with Gasteiger partial charge in [0.2, 0.25) is 0 Å². The van der Waals surface area contributed by atoms with Crippen molar-refractivity contribution >= 4 is 0 Å². The molecule has 0 fully saturated rings. The quantitative estimate of drug-likeness (QED) is 0.341. The van der Waals surface area contributed by atoms with Gasteiger partial charge in [0.15, 0.2) is 0 Å². The predicted octanol–water partition coefficient (Wildman–Crippen LogP) is -1.78. The minimum atomic E-state index is -0.348. The molecule has 3 unspecified atom stereocenters. The Kier molecular flexibility index (Phi) is 6.29. The summed E-state index contributed by atoms with van der Waals surface area (Å²) in [7, 11) is 1.83. The van der Waals surface area contributed by atoms with E-state index in [2.05, 4.69) is 10.3 Å². The average Bonchev–Trinajstić information content (AvgIpc) is 2.44. The SMILES string of the molecule is CNCC(N)c1nccc(C(N)CN)c1C(N)CN. The van der Waals surface area contributed by atoms with Gasteiger partial charge in [-0.15, -0.1) is 0 Å². The predicted molar refractivity (Wildman–Crippen MR) is 77.1 cm³/mol. The lowest BCUT2D eigenvalue weighted by atomic mass is 9.92. The third kappa shape index (κ3) is 3.69. The first-order valence-corrected chi connectivity index (χ1v) is 6.36. The molecule has 7 nitrogen and oxygen atoms in total. The summed E-state index contributed by atoms with van der Waals surface area (Å²) >= 11 is 0. The number of nitrogens with zero attached hydrogens (tertiary/aromatic N) is 1. The van der Waals surface area contributed by atoms with E-state index < -0.39 is 0 Å². The zero-order valence-corrected chi connectivity index (χ0v) is 11.3. The van der Waals surface area contributed by atoms with Gasteiger partial charge in [0.05, 0.1) is 11.7 Å². The number of nitrogens with two attached hydrogens (primary N) is 5. The Hall–Kier alpha value is -1.09. The van der Waals surface area contributed by atoms with E-state index in [9.17, 15) is 0 Å². The van der Waals surface area contributed by atoms with Crippen molar-refractivity contribution in [2.45, 2.75) is 18.1 Å². The van der Waals surface area contributed by atoms with Crippen molar-refractivity contribution in [3.8, 4) is 0 Å². The average molecular weight is 267 g/mol. The summed E-state index contributed by atoms with van der Waals surface area (Å²) < 4.78 is 0. The summed E-state index contributed by atoms with van der Waals surface area (Å²) in [4.78, 5) is 4.35.